The smallest absolute Gasteiger partial charge is 0.352 e. The molecule has 2 aliphatic heterocycles. The number of oxime groups is 1. The Kier molecular flexibility index (Phi) is 7.20. The van der Waals surface area contributed by atoms with Crippen LogP contribution in [0.15, 0.2) is 58.3 Å². The lowest BCUT2D eigenvalue weighted by molar-refractivity contribution is -0.663. The number of fused-ring (bicyclic) bond motifs is 2. The maximum Gasteiger partial charge on any atom is 0.352 e. The molecule has 2 atom stereocenters. The van der Waals surface area contributed by atoms with Crippen LogP contribution < -0.4 is 21.4 Å². The maximum atomic E-state index is 13.2. The summed E-state index contributed by atoms with van der Waals surface area (Å²) in [7, 11) is 1.28. The SMILES string of the molecule is CON=C(C(=O)NC1C(=O)N2C(C(=O)O)=C(C[n+]3ccc(C(N)=S)c4ccccc43)CS[C@@H]12)c1csc(N)n1. The molecule has 200 valence electrons. The number of carboxylic acid groups (broad SMARTS) is 1. The van der Waals surface area contributed by atoms with Gasteiger partial charge in [0.05, 0.1) is 5.39 Å². The molecule has 2 aromatic heterocycles. The van der Waals surface area contributed by atoms with Crippen LogP contribution in [-0.4, -0.2) is 67.8 Å². The minimum atomic E-state index is -1.22. The molecular formula is C24H22N7O5S3+. The first kappa shape index (κ1) is 26.5. The Morgan fingerprint density at radius 2 is 2.13 bits per heavy atom. The summed E-state index contributed by atoms with van der Waals surface area (Å²) in [5.74, 6) is -2.11. The monoisotopic (exact) mass is 584 g/mol. The fourth-order valence-corrected chi connectivity index (χ4v) is 6.61. The number of thiocarbonyl (C=S) groups is 1. The molecule has 1 saturated heterocycles. The average molecular weight is 585 g/mol. The molecule has 0 spiro atoms. The van der Waals surface area contributed by atoms with Crippen molar-refractivity contribution in [2.45, 2.75) is 18.0 Å². The quantitative estimate of drug-likeness (QED) is 0.0963. The lowest BCUT2D eigenvalue weighted by atomic mass is 10.0. The fourth-order valence-electron chi connectivity index (χ4n) is 4.55. The Balaban J connectivity index is 1.41. The van der Waals surface area contributed by atoms with Gasteiger partial charge in [-0.25, -0.2) is 9.78 Å². The number of anilines is 1. The number of amides is 2. The summed E-state index contributed by atoms with van der Waals surface area (Å²) >= 11 is 7.67. The molecule has 5 rings (SSSR count). The van der Waals surface area contributed by atoms with Crippen LogP contribution in [0.5, 0.6) is 0 Å². The van der Waals surface area contributed by atoms with Crippen molar-refractivity contribution in [1.29, 1.82) is 0 Å². The summed E-state index contributed by atoms with van der Waals surface area (Å²) < 4.78 is 1.90. The molecule has 15 heteroatoms. The van der Waals surface area contributed by atoms with E-state index < -0.39 is 29.2 Å². The van der Waals surface area contributed by atoms with Gasteiger partial charge in [0.1, 0.15) is 34.9 Å². The molecule has 0 saturated carbocycles. The van der Waals surface area contributed by atoms with Crippen LogP contribution in [0.25, 0.3) is 10.9 Å². The summed E-state index contributed by atoms with van der Waals surface area (Å²) in [5, 5.41) is 18.5. The highest BCUT2D eigenvalue weighted by atomic mass is 32.2. The van der Waals surface area contributed by atoms with Crippen molar-refractivity contribution in [3.8, 4) is 0 Å². The number of carbonyl (C=O) groups is 3. The third kappa shape index (κ3) is 4.79. The second kappa shape index (κ2) is 10.6. The largest absolute Gasteiger partial charge is 0.477 e. The predicted molar refractivity (Wildman–Crippen MR) is 150 cm³/mol. The number of hydrogen-bond donors (Lipinski definition) is 4. The molecular weight excluding hydrogens is 563 g/mol. The zero-order valence-corrected chi connectivity index (χ0v) is 22.8. The number of carboxylic acids is 1. The van der Waals surface area contributed by atoms with Gasteiger partial charge in [-0.05, 0) is 6.07 Å². The van der Waals surface area contributed by atoms with Crippen LogP contribution in [0.3, 0.4) is 0 Å². The van der Waals surface area contributed by atoms with Gasteiger partial charge in [0.15, 0.2) is 23.6 Å². The molecule has 0 radical (unpaired) electrons. The predicted octanol–water partition coefficient (Wildman–Crippen LogP) is 0.590. The molecule has 3 aromatic rings. The summed E-state index contributed by atoms with van der Waals surface area (Å²) in [5.41, 5.74) is 13.6. The van der Waals surface area contributed by atoms with Crippen molar-refractivity contribution in [3.05, 3.63) is 64.4 Å². The normalized spacial score (nSPS) is 18.9. The van der Waals surface area contributed by atoms with Crippen LogP contribution in [0.4, 0.5) is 5.13 Å². The number of rotatable bonds is 8. The first-order valence-corrected chi connectivity index (χ1v) is 13.8. The minimum absolute atomic E-state index is 0.0951. The zero-order chi connectivity index (χ0) is 27.8. The number of nitrogens with zero attached hydrogens (tertiary/aromatic N) is 4. The summed E-state index contributed by atoms with van der Waals surface area (Å²) in [6.07, 6.45) is 1.79. The van der Waals surface area contributed by atoms with Gasteiger partial charge in [-0.15, -0.1) is 23.1 Å². The third-order valence-electron chi connectivity index (χ3n) is 6.25. The Bertz CT molecular complexity index is 1600. The van der Waals surface area contributed by atoms with Gasteiger partial charge >= 0.3 is 5.97 Å². The Morgan fingerprint density at radius 1 is 1.36 bits per heavy atom. The van der Waals surface area contributed by atoms with Crippen LogP contribution >= 0.6 is 35.3 Å². The van der Waals surface area contributed by atoms with Crippen molar-refractivity contribution < 1.29 is 28.9 Å². The zero-order valence-electron chi connectivity index (χ0n) is 20.4. The standard InChI is InChI=1S/C24H21N7O5S3/c1-36-29-16(14-10-39-24(26)27-14)20(32)28-17-21(33)31-18(23(34)35)11(9-38-22(17)31)8-30-7-6-13(19(25)37)12-4-2-3-5-15(12)30/h2-7,10,17,22H,8-9H2,1H3,(H5-,25,26,27,28,32,34,35,37)/p+1/t17?,22-/m0/s1. The lowest BCUT2D eigenvalue weighted by Gasteiger charge is -2.49. The number of pyridine rings is 1. The van der Waals surface area contributed by atoms with E-state index in [4.69, 9.17) is 28.5 Å². The van der Waals surface area contributed by atoms with Crippen LogP contribution in [-0.2, 0) is 25.8 Å². The highest BCUT2D eigenvalue weighted by Crippen LogP contribution is 2.40. The molecule has 39 heavy (non-hydrogen) atoms. The Hall–Kier alpha value is -4.08. The summed E-state index contributed by atoms with van der Waals surface area (Å²) in [6, 6.07) is 8.37. The maximum absolute atomic E-state index is 13.2. The molecule has 1 aromatic carbocycles. The van der Waals surface area contributed by atoms with Gasteiger partial charge in [-0.1, -0.05) is 29.5 Å². The number of thiazole rings is 1. The molecule has 0 aliphatic carbocycles. The van der Waals surface area contributed by atoms with Gasteiger partial charge < -0.3 is 26.7 Å². The third-order valence-corrected chi connectivity index (χ3v) is 8.48. The minimum Gasteiger partial charge on any atom is -0.477 e. The molecule has 12 nitrogen and oxygen atoms in total. The van der Waals surface area contributed by atoms with E-state index in [1.807, 2.05) is 28.8 Å². The highest BCUT2D eigenvalue weighted by molar-refractivity contribution is 8.00. The first-order valence-electron chi connectivity index (χ1n) is 11.5. The van der Waals surface area contributed by atoms with E-state index in [0.29, 0.717) is 11.3 Å². The van der Waals surface area contributed by atoms with Crippen molar-refractivity contribution in [3.63, 3.8) is 0 Å². The van der Waals surface area contributed by atoms with Crippen LogP contribution in [0.2, 0.25) is 0 Å². The van der Waals surface area contributed by atoms with Crippen molar-refractivity contribution >= 4 is 79.8 Å². The Labute approximate surface area is 235 Å². The number of aromatic nitrogens is 2. The number of nitrogen functional groups attached to an aromatic ring is 1. The molecule has 2 aliphatic rings. The van der Waals surface area contributed by atoms with E-state index in [1.165, 1.54) is 23.8 Å². The van der Waals surface area contributed by atoms with E-state index in [2.05, 4.69) is 15.5 Å². The second-order valence-corrected chi connectivity index (χ2v) is 11.0. The molecule has 2 amide bonds. The molecule has 6 N–H and O–H groups in total. The molecule has 4 heterocycles. The summed E-state index contributed by atoms with van der Waals surface area (Å²) in [4.78, 5) is 48.8. The number of nitrogens with two attached hydrogens (primary N) is 2. The second-order valence-electron chi connectivity index (χ2n) is 8.55. The van der Waals surface area contributed by atoms with Crippen LogP contribution in [0.1, 0.15) is 11.3 Å². The highest BCUT2D eigenvalue weighted by Gasteiger charge is 2.54. The molecule has 1 fully saturated rings. The summed E-state index contributed by atoms with van der Waals surface area (Å²) in [6.45, 7) is 0.232. The topological polar surface area (TPSA) is 177 Å². The van der Waals surface area contributed by atoms with E-state index >= 15 is 0 Å². The number of benzene rings is 1. The molecule has 1 unspecified atom stereocenters. The van der Waals surface area contributed by atoms with Gasteiger partial charge in [-0.2, -0.15) is 4.57 Å². The van der Waals surface area contributed by atoms with Gasteiger partial charge in [0.2, 0.25) is 5.52 Å². The first-order chi connectivity index (χ1) is 18.7. The van der Waals surface area contributed by atoms with E-state index in [-0.39, 0.29) is 33.8 Å². The van der Waals surface area contributed by atoms with Crippen molar-refractivity contribution in [1.82, 2.24) is 15.2 Å². The van der Waals surface area contributed by atoms with Crippen molar-refractivity contribution in [2.24, 2.45) is 10.9 Å². The van der Waals surface area contributed by atoms with Gasteiger partial charge in [0.25, 0.3) is 11.8 Å². The number of para-hydroxylation sites is 1. The van der Waals surface area contributed by atoms with Crippen molar-refractivity contribution in [2.75, 3.05) is 18.6 Å². The van der Waals surface area contributed by atoms with Crippen LogP contribution in [0, 0.1) is 0 Å². The van der Waals surface area contributed by atoms with E-state index in [1.54, 1.807) is 17.6 Å². The van der Waals surface area contributed by atoms with Gasteiger partial charge in [0, 0.05) is 34.4 Å². The average Bonchev–Trinajstić information content (AvgIpc) is 3.35. The van der Waals surface area contributed by atoms with E-state index in [9.17, 15) is 19.5 Å². The number of thioether (sulfide) groups is 1. The number of nitrogens with one attached hydrogen (secondary N) is 1. The number of hydrogen-bond acceptors (Lipinski definition) is 10. The number of aliphatic carboxylic acids is 1. The number of carbonyl (C=O) groups excluding carboxylic acids is 2. The van der Waals surface area contributed by atoms with E-state index in [0.717, 1.165) is 27.8 Å². The number of β-lactam (4-membered cyclic amide) rings is 1. The fraction of sp³-hybridized carbons (Fsp3) is 0.208. The molecule has 0 bridgehead atoms. The van der Waals surface area contributed by atoms with Gasteiger partial charge in [-0.3, -0.25) is 14.5 Å². The Morgan fingerprint density at radius 3 is 2.79 bits per heavy atom. The lowest BCUT2D eigenvalue weighted by Crippen LogP contribution is -2.71.